The standard InChI is InChI=1S/C15H21ClN4/c1-4-7-20-11-12(10-18-20)9-17-13-5-6-15(19(2)3)14(16)8-13/h5-6,8,10-11,17H,4,7,9H2,1-3H3. The van der Waals surface area contributed by atoms with Crippen LogP contribution in [0.4, 0.5) is 11.4 Å². The van der Waals surface area contributed by atoms with E-state index in [0.717, 1.165) is 35.9 Å². The number of aryl methyl sites for hydroxylation is 1. The van der Waals surface area contributed by atoms with Crippen LogP contribution in [0.2, 0.25) is 5.02 Å². The smallest absolute Gasteiger partial charge is 0.0659 e. The molecule has 0 atom stereocenters. The van der Waals surface area contributed by atoms with Gasteiger partial charge in [0.2, 0.25) is 0 Å². The van der Waals surface area contributed by atoms with Crippen molar-refractivity contribution in [3.8, 4) is 0 Å². The number of hydrogen-bond donors (Lipinski definition) is 1. The third-order valence-electron chi connectivity index (χ3n) is 3.07. The predicted molar refractivity (Wildman–Crippen MR) is 85.6 cm³/mol. The van der Waals surface area contributed by atoms with Gasteiger partial charge in [0.05, 0.1) is 16.9 Å². The lowest BCUT2D eigenvalue weighted by Crippen LogP contribution is -2.09. The number of anilines is 2. The van der Waals surface area contributed by atoms with Gasteiger partial charge in [-0.25, -0.2) is 0 Å². The first kappa shape index (κ1) is 14.7. The molecule has 0 radical (unpaired) electrons. The summed E-state index contributed by atoms with van der Waals surface area (Å²) >= 11 is 6.25. The van der Waals surface area contributed by atoms with E-state index in [-0.39, 0.29) is 0 Å². The Balaban J connectivity index is 1.98. The van der Waals surface area contributed by atoms with Crippen LogP contribution in [-0.4, -0.2) is 23.9 Å². The van der Waals surface area contributed by atoms with E-state index in [2.05, 4.69) is 23.5 Å². The Bertz CT molecular complexity index is 563. The minimum absolute atomic E-state index is 0.751. The van der Waals surface area contributed by atoms with Crippen molar-refractivity contribution in [1.82, 2.24) is 9.78 Å². The molecular weight excluding hydrogens is 272 g/mol. The molecule has 0 aliphatic carbocycles. The van der Waals surface area contributed by atoms with Gasteiger partial charge in [-0.05, 0) is 24.6 Å². The van der Waals surface area contributed by atoms with E-state index >= 15 is 0 Å². The molecule has 0 amide bonds. The molecule has 1 N–H and O–H groups in total. The van der Waals surface area contributed by atoms with Crippen LogP contribution in [-0.2, 0) is 13.1 Å². The van der Waals surface area contributed by atoms with Crippen LogP contribution < -0.4 is 10.2 Å². The van der Waals surface area contributed by atoms with Crippen LogP contribution in [0.5, 0.6) is 0 Å². The quantitative estimate of drug-likeness (QED) is 0.883. The Morgan fingerprint density at radius 3 is 2.80 bits per heavy atom. The number of rotatable bonds is 6. The highest BCUT2D eigenvalue weighted by Crippen LogP contribution is 2.27. The van der Waals surface area contributed by atoms with Crippen molar-refractivity contribution >= 4 is 23.0 Å². The van der Waals surface area contributed by atoms with Crippen LogP contribution in [0.3, 0.4) is 0 Å². The molecule has 2 aromatic rings. The summed E-state index contributed by atoms with van der Waals surface area (Å²) in [6, 6.07) is 6.01. The summed E-state index contributed by atoms with van der Waals surface area (Å²) in [7, 11) is 3.97. The van der Waals surface area contributed by atoms with Gasteiger partial charge in [0, 0.05) is 44.6 Å². The second-order valence-electron chi connectivity index (χ2n) is 5.03. The van der Waals surface area contributed by atoms with Gasteiger partial charge in [-0.1, -0.05) is 18.5 Å². The molecule has 0 aliphatic heterocycles. The highest BCUT2D eigenvalue weighted by atomic mass is 35.5. The molecule has 0 bridgehead atoms. The Labute approximate surface area is 125 Å². The second-order valence-corrected chi connectivity index (χ2v) is 5.43. The number of hydrogen-bond acceptors (Lipinski definition) is 3. The normalized spacial score (nSPS) is 10.6. The fourth-order valence-electron chi connectivity index (χ4n) is 2.03. The highest BCUT2D eigenvalue weighted by molar-refractivity contribution is 6.33. The van der Waals surface area contributed by atoms with Crippen LogP contribution in [0, 0.1) is 0 Å². The molecule has 108 valence electrons. The maximum atomic E-state index is 6.25. The Morgan fingerprint density at radius 2 is 2.15 bits per heavy atom. The van der Waals surface area contributed by atoms with E-state index in [0.29, 0.717) is 0 Å². The summed E-state index contributed by atoms with van der Waals surface area (Å²) in [5, 5.41) is 8.44. The summed E-state index contributed by atoms with van der Waals surface area (Å²) in [5.41, 5.74) is 3.21. The third kappa shape index (κ3) is 3.67. The molecule has 20 heavy (non-hydrogen) atoms. The van der Waals surface area contributed by atoms with Gasteiger partial charge < -0.3 is 10.2 Å². The zero-order chi connectivity index (χ0) is 14.5. The fourth-order valence-corrected chi connectivity index (χ4v) is 2.38. The van der Waals surface area contributed by atoms with Gasteiger partial charge in [-0.2, -0.15) is 5.10 Å². The van der Waals surface area contributed by atoms with E-state index in [1.807, 2.05) is 48.1 Å². The van der Waals surface area contributed by atoms with E-state index in [1.165, 1.54) is 5.56 Å². The Hall–Kier alpha value is -1.68. The van der Waals surface area contributed by atoms with Crippen molar-refractivity contribution < 1.29 is 0 Å². The molecular formula is C15H21ClN4. The number of nitrogens with zero attached hydrogens (tertiary/aromatic N) is 3. The van der Waals surface area contributed by atoms with Crippen LogP contribution >= 0.6 is 11.6 Å². The minimum Gasteiger partial charge on any atom is -0.381 e. The summed E-state index contributed by atoms with van der Waals surface area (Å²) in [6.45, 7) is 3.86. The van der Waals surface area contributed by atoms with Gasteiger partial charge in [0.25, 0.3) is 0 Å². The van der Waals surface area contributed by atoms with Crippen molar-refractivity contribution in [1.29, 1.82) is 0 Å². The van der Waals surface area contributed by atoms with Gasteiger partial charge >= 0.3 is 0 Å². The van der Waals surface area contributed by atoms with Crippen LogP contribution in [0.1, 0.15) is 18.9 Å². The summed E-state index contributed by atoms with van der Waals surface area (Å²) in [6.07, 6.45) is 5.07. The summed E-state index contributed by atoms with van der Waals surface area (Å²) < 4.78 is 1.97. The van der Waals surface area contributed by atoms with E-state index in [4.69, 9.17) is 11.6 Å². The van der Waals surface area contributed by atoms with E-state index in [9.17, 15) is 0 Å². The lowest BCUT2D eigenvalue weighted by Gasteiger charge is -2.15. The van der Waals surface area contributed by atoms with Gasteiger partial charge in [-0.15, -0.1) is 0 Å². The SMILES string of the molecule is CCCn1cc(CNc2ccc(N(C)C)c(Cl)c2)cn1. The average molecular weight is 293 g/mol. The molecule has 1 aromatic carbocycles. The number of aromatic nitrogens is 2. The van der Waals surface area contributed by atoms with Crippen LogP contribution in [0.15, 0.2) is 30.6 Å². The Kier molecular flexibility index (Phi) is 4.90. The van der Waals surface area contributed by atoms with Crippen molar-refractivity contribution in [3.63, 3.8) is 0 Å². The number of nitrogens with one attached hydrogen (secondary N) is 1. The van der Waals surface area contributed by atoms with Gasteiger partial charge in [-0.3, -0.25) is 4.68 Å². The Morgan fingerprint density at radius 1 is 1.35 bits per heavy atom. The molecule has 1 aromatic heterocycles. The maximum Gasteiger partial charge on any atom is 0.0659 e. The molecule has 1 heterocycles. The lowest BCUT2D eigenvalue weighted by atomic mass is 10.2. The molecule has 2 rings (SSSR count). The number of halogens is 1. The molecule has 0 saturated heterocycles. The van der Waals surface area contributed by atoms with Crippen LogP contribution in [0.25, 0.3) is 0 Å². The predicted octanol–water partition coefficient (Wildman–Crippen LogP) is 3.62. The first-order valence-corrected chi connectivity index (χ1v) is 7.20. The fraction of sp³-hybridized carbons (Fsp3) is 0.400. The lowest BCUT2D eigenvalue weighted by molar-refractivity contribution is 0.602. The van der Waals surface area contributed by atoms with Crippen molar-refractivity contribution in [2.75, 3.05) is 24.3 Å². The maximum absolute atomic E-state index is 6.25. The third-order valence-corrected chi connectivity index (χ3v) is 3.37. The molecule has 5 heteroatoms. The van der Waals surface area contributed by atoms with E-state index in [1.54, 1.807) is 0 Å². The minimum atomic E-state index is 0.751. The average Bonchev–Trinajstić information content (AvgIpc) is 2.84. The molecule has 0 aliphatic rings. The first-order valence-electron chi connectivity index (χ1n) is 6.82. The van der Waals surface area contributed by atoms with Gasteiger partial charge in [0.1, 0.15) is 0 Å². The first-order chi connectivity index (χ1) is 9.60. The number of benzene rings is 1. The molecule has 0 fully saturated rings. The van der Waals surface area contributed by atoms with E-state index < -0.39 is 0 Å². The van der Waals surface area contributed by atoms with Crippen molar-refractivity contribution in [3.05, 3.63) is 41.2 Å². The topological polar surface area (TPSA) is 33.1 Å². The van der Waals surface area contributed by atoms with Crippen molar-refractivity contribution in [2.45, 2.75) is 26.4 Å². The highest BCUT2D eigenvalue weighted by Gasteiger charge is 2.04. The summed E-state index contributed by atoms with van der Waals surface area (Å²) in [4.78, 5) is 2.00. The molecule has 0 saturated carbocycles. The van der Waals surface area contributed by atoms with Crippen molar-refractivity contribution in [2.24, 2.45) is 0 Å². The molecule has 4 nitrogen and oxygen atoms in total. The van der Waals surface area contributed by atoms with Gasteiger partial charge in [0.15, 0.2) is 0 Å². The molecule has 0 unspecified atom stereocenters. The monoisotopic (exact) mass is 292 g/mol. The zero-order valence-electron chi connectivity index (χ0n) is 12.2. The largest absolute Gasteiger partial charge is 0.381 e. The summed E-state index contributed by atoms with van der Waals surface area (Å²) in [5.74, 6) is 0. The molecule has 0 spiro atoms. The second kappa shape index (κ2) is 6.66. The zero-order valence-corrected chi connectivity index (χ0v) is 13.0.